The second-order valence-electron chi connectivity index (χ2n) is 5.97. The maximum atomic E-state index is 5.37. The van der Waals surface area contributed by atoms with Gasteiger partial charge < -0.3 is 9.47 Å². The molecule has 0 aliphatic heterocycles. The van der Waals surface area contributed by atoms with E-state index in [9.17, 15) is 0 Å². The van der Waals surface area contributed by atoms with Gasteiger partial charge in [0.25, 0.3) is 5.82 Å². The number of ether oxygens (including phenoxy) is 2. The number of aromatic nitrogens is 2. The van der Waals surface area contributed by atoms with E-state index in [-0.39, 0.29) is 0 Å². The number of imidazole rings is 1. The third-order valence-corrected chi connectivity index (χ3v) is 4.19. The zero-order valence-electron chi connectivity index (χ0n) is 13.7. The minimum absolute atomic E-state index is 0.731. The van der Waals surface area contributed by atoms with Crippen molar-refractivity contribution in [2.75, 3.05) is 14.2 Å². The van der Waals surface area contributed by atoms with E-state index < -0.39 is 0 Å². The van der Waals surface area contributed by atoms with Gasteiger partial charge in [-0.05, 0) is 31.4 Å². The third kappa shape index (κ3) is 3.11. The van der Waals surface area contributed by atoms with Gasteiger partial charge in [-0.25, -0.2) is 9.13 Å². The maximum absolute atomic E-state index is 5.37. The number of rotatable bonds is 7. The Morgan fingerprint density at radius 3 is 2.36 bits per heavy atom. The lowest BCUT2D eigenvalue weighted by Crippen LogP contribution is -2.37. The highest BCUT2D eigenvalue weighted by molar-refractivity contribution is 5.38. The van der Waals surface area contributed by atoms with Crippen molar-refractivity contribution in [3.8, 4) is 11.5 Å². The predicted octanol–water partition coefficient (Wildman–Crippen LogP) is 3.13. The highest BCUT2D eigenvalue weighted by atomic mass is 16.5. The SMILES string of the molecule is CCCn1cc[n+](Cc2cc(OC)cc(OC)c2)c1C1CC1. The molecular formula is C18H25N2O2+. The Morgan fingerprint density at radius 2 is 1.82 bits per heavy atom. The van der Waals surface area contributed by atoms with Crippen LogP contribution in [0, 0.1) is 0 Å². The van der Waals surface area contributed by atoms with Crippen molar-refractivity contribution in [2.45, 2.75) is 45.2 Å². The first-order valence-corrected chi connectivity index (χ1v) is 8.05. The summed E-state index contributed by atoms with van der Waals surface area (Å²) in [5.74, 6) is 3.88. The van der Waals surface area contributed by atoms with Gasteiger partial charge in [0.15, 0.2) is 0 Å². The second kappa shape index (κ2) is 6.42. The van der Waals surface area contributed by atoms with E-state index in [0.717, 1.165) is 30.5 Å². The molecule has 1 fully saturated rings. The second-order valence-corrected chi connectivity index (χ2v) is 5.97. The normalized spacial score (nSPS) is 14.1. The van der Waals surface area contributed by atoms with E-state index in [4.69, 9.17) is 9.47 Å². The lowest BCUT2D eigenvalue weighted by Gasteiger charge is -2.08. The van der Waals surface area contributed by atoms with Gasteiger partial charge in [0.2, 0.25) is 0 Å². The number of benzene rings is 1. The summed E-state index contributed by atoms with van der Waals surface area (Å²) >= 11 is 0. The molecule has 0 spiro atoms. The van der Waals surface area contributed by atoms with Crippen molar-refractivity contribution in [1.82, 2.24) is 4.57 Å². The Kier molecular flexibility index (Phi) is 4.36. The van der Waals surface area contributed by atoms with E-state index in [2.05, 4.69) is 40.6 Å². The fourth-order valence-electron chi connectivity index (χ4n) is 3.01. The van der Waals surface area contributed by atoms with Crippen molar-refractivity contribution in [2.24, 2.45) is 0 Å². The van der Waals surface area contributed by atoms with E-state index in [1.54, 1.807) is 14.2 Å². The quantitative estimate of drug-likeness (QED) is 0.735. The first-order valence-electron chi connectivity index (χ1n) is 8.05. The van der Waals surface area contributed by atoms with Crippen molar-refractivity contribution < 1.29 is 14.0 Å². The molecule has 1 aromatic carbocycles. The molecule has 0 unspecified atom stereocenters. The average molecular weight is 301 g/mol. The van der Waals surface area contributed by atoms with Crippen LogP contribution in [-0.2, 0) is 13.1 Å². The average Bonchev–Trinajstić information content (AvgIpc) is 3.30. The van der Waals surface area contributed by atoms with Crippen LogP contribution < -0.4 is 14.0 Å². The lowest BCUT2D eigenvalue weighted by molar-refractivity contribution is -0.695. The van der Waals surface area contributed by atoms with E-state index in [0.29, 0.717) is 0 Å². The summed E-state index contributed by atoms with van der Waals surface area (Å²) in [5, 5.41) is 0. The molecule has 0 amide bonds. The maximum Gasteiger partial charge on any atom is 0.259 e. The summed E-state index contributed by atoms with van der Waals surface area (Å²) in [6.07, 6.45) is 8.22. The number of hydrogen-bond donors (Lipinski definition) is 0. The summed E-state index contributed by atoms with van der Waals surface area (Å²) in [7, 11) is 3.39. The molecule has 1 aliphatic rings. The van der Waals surface area contributed by atoms with Crippen LogP contribution >= 0.6 is 0 Å². The van der Waals surface area contributed by atoms with Crippen molar-refractivity contribution in [3.05, 3.63) is 42.0 Å². The number of methoxy groups -OCH3 is 2. The van der Waals surface area contributed by atoms with E-state index in [1.165, 1.54) is 30.7 Å². The topological polar surface area (TPSA) is 27.3 Å². The Labute approximate surface area is 132 Å². The molecule has 4 nitrogen and oxygen atoms in total. The summed E-state index contributed by atoms with van der Waals surface area (Å²) in [6, 6.07) is 6.09. The number of hydrogen-bond acceptors (Lipinski definition) is 2. The molecule has 0 saturated heterocycles. The fraction of sp³-hybridized carbons (Fsp3) is 0.500. The molecule has 0 radical (unpaired) electrons. The zero-order valence-corrected chi connectivity index (χ0v) is 13.7. The molecule has 4 heteroatoms. The van der Waals surface area contributed by atoms with Gasteiger partial charge in [-0.2, -0.15) is 0 Å². The minimum atomic E-state index is 0.731. The molecule has 1 aliphatic carbocycles. The molecule has 2 aromatic rings. The molecule has 3 rings (SSSR count). The smallest absolute Gasteiger partial charge is 0.259 e. The molecule has 1 heterocycles. The van der Waals surface area contributed by atoms with Crippen LogP contribution in [0.1, 0.15) is 43.5 Å². The fourth-order valence-corrected chi connectivity index (χ4v) is 3.01. The van der Waals surface area contributed by atoms with Crippen molar-refractivity contribution >= 4 is 0 Å². The van der Waals surface area contributed by atoms with Crippen LogP contribution in [-0.4, -0.2) is 18.8 Å². The van der Waals surface area contributed by atoms with Gasteiger partial charge in [-0.15, -0.1) is 0 Å². The first-order chi connectivity index (χ1) is 10.7. The van der Waals surface area contributed by atoms with Crippen LogP contribution in [0.2, 0.25) is 0 Å². The lowest BCUT2D eigenvalue weighted by atomic mass is 10.2. The van der Waals surface area contributed by atoms with Gasteiger partial charge in [0.1, 0.15) is 30.4 Å². The summed E-state index contributed by atoms with van der Waals surface area (Å²) in [6.45, 7) is 4.18. The van der Waals surface area contributed by atoms with Crippen LogP contribution in [0.4, 0.5) is 0 Å². The molecule has 1 saturated carbocycles. The Balaban J connectivity index is 1.89. The Hall–Kier alpha value is -1.97. The van der Waals surface area contributed by atoms with Crippen LogP contribution in [0.15, 0.2) is 30.6 Å². The molecule has 0 N–H and O–H groups in total. The molecule has 0 bridgehead atoms. The largest absolute Gasteiger partial charge is 0.497 e. The molecule has 0 atom stereocenters. The predicted molar refractivity (Wildman–Crippen MR) is 85.5 cm³/mol. The van der Waals surface area contributed by atoms with E-state index in [1.807, 2.05) is 6.07 Å². The van der Waals surface area contributed by atoms with Crippen LogP contribution in [0.5, 0.6) is 11.5 Å². The summed E-state index contributed by atoms with van der Waals surface area (Å²) in [4.78, 5) is 0. The molecule has 1 aromatic heterocycles. The monoisotopic (exact) mass is 301 g/mol. The standard InChI is InChI=1S/C18H25N2O2/c1-4-7-19-8-9-20(18(19)15-5-6-15)13-14-10-16(21-2)12-17(11-14)22-3/h8-12,15H,4-7,13H2,1-3H3/q+1. The Morgan fingerprint density at radius 1 is 1.14 bits per heavy atom. The molecule has 118 valence electrons. The molecular weight excluding hydrogens is 276 g/mol. The van der Waals surface area contributed by atoms with Gasteiger partial charge in [-0.3, -0.25) is 0 Å². The van der Waals surface area contributed by atoms with Crippen molar-refractivity contribution in [1.29, 1.82) is 0 Å². The highest BCUT2D eigenvalue weighted by Gasteiger charge is 2.35. The summed E-state index contributed by atoms with van der Waals surface area (Å²) < 4.78 is 15.5. The zero-order chi connectivity index (χ0) is 15.5. The third-order valence-electron chi connectivity index (χ3n) is 4.19. The van der Waals surface area contributed by atoms with Crippen molar-refractivity contribution in [3.63, 3.8) is 0 Å². The Bertz CT molecular complexity index is 622. The number of nitrogens with zero attached hydrogens (tertiary/aromatic N) is 2. The van der Waals surface area contributed by atoms with Gasteiger partial charge in [0, 0.05) is 11.6 Å². The molecule has 22 heavy (non-hydrogen) atoms. The summed E-state index contributed by atoms with van der Waals surface area (Å²) in [5.41, 5.74) is 1.21. The van der Waals surface area contributed by atoms with E-state index >= 15 is 0 Å². The van der Waals surface area contributed by atoms with Gasteiger partial charge in [-0.1, -0.05) is 6.92 Å². The van der Waals surface area contributed by atoms with Crippen LogP contribution in [0.25, 0.3) is 0 Å². The minimum Gasteiger partial charge on any atom is -0.497 e. The van der Waals surface area contributed by atoms with Gasteiger partial charge in [0.05, 0.1) is 26.7 Å². The van der Waals surface area contributed by atoms with Gasteiger partial charge >= 0.3 is 0 Å². The highest BCUT2D eigenvalue weighted by Crippen LogP contribution is 2.38. The van der Waals surface area contributed by atoms with Crippen LogP contribution in [0.3, 0.4) is 0 Å². The number of aryl methyl sites for hydroxylation is 1. The first kappa shape index (κ1) is 14.9.